The number of fused-ring (bicyclic) bond motifs is 1. The molecule has 10 heteroatoms. The number of anilines is 2. The predicted octanol–water partition coefficient (Wildman–Crippen LogP) is 2.65. The summed E-state index contributed by atoms with van der Waals surface area (Å²) in [6.45, 7) is 3.96. The van der Waals surface area contributed by atoms with Gasteiger partial charge in [0.15, 0.2) is 0 Å². The van der Waals surface area contributed by atoms with E-state index in [0.29, 0.717) is 24.7 Å². The quantitative estimate of drug-likeness (QED) is 0.641. The Bertz CT molecular complexity index is 1050. The van der Waals surface area contributed by atoms with Gasteiger partial charge in [0, 0.05) is 45.0 Å². The molecule has 0 bridgehead atoms. The number of aliphatic hydroxyl groups excluding tert-OH is 1. The van der Waals surface area contributed by atoms with Crippen molar-refractivity contribution in [1.82, 2.24) is 24.8 Å². The maximum Gasteiger partial charge on any atom is 0.410 e. The molecule has 3 aliphatic rings. The first kappa shape index (κ1) is 22.8. The lowest BCUT2D eigenvalue weighted by atomic mass is 10.1. The summed E-state index contributed by atoms with van der Waals surface area (Å²) in [5, 5.41) is 10.3. The Labute approximate surface area is 199 Å². The van der Waals surface area contributed by atoms with Crippen molar-refractivity contribution in [2.75, 3.05) is 38.6 Å². The van der Waals surface area contributed by atoms with Crippen LogP contribution in [0.4, 0.5) is 16.3 Å². The van der Waals surface area contributed by atoms with Gasteiger partial charge in [0.25, 0.3) is 0 Å². The van der Waals surface area contributed by atoms with Crippen LogP contribution in [0.15, 0.2) is 24.5 Å². The number of carbonyl (C=O) groups is 1. The standard InChI is InChI=1S/C24H32N6O4/c1-24(9-10-24)34-23(32)29-11-6-16(7-12-29)33-21-14-20(25-15-26-21)30-13-8-17-19(30)5-4-18(27-17)22(31)28(2)3/h4-5,14-16,22,31H,6-13H2,1-3H3. The van der Waals surface area contributed by atoms with Gasteiger partial charge in [0.2, 0.25) is 5.88 Å². The van der Waals surface area contributed by atoms with E-state index in [0.717, 1.165) is 55.8 Å². The monoisotopic (exact) mass is 468 g/mol. The Hall–Kier alpha value is -2.98. The summed E-state index contributed by atoms with van der Waals surface area (Å²) in [7, 11) is 3.64. The van der Waals surface area contributed by atoms with Crippen LogP contribution >= 0.6 is 0 Å². The molecule has 34 heavy (non-hydrogen) atoms. The number of aliphatic hydroxyl groups is 1. The van der Waals surface area contributed by atoms with Crippen LogP contribution in [-0.2, 0) is 11.2 Å². The Kier molecular flexibility index (Phi) is 6.03. The number of amides is 1. The highest BCUT2D eigenvalue weighted by Crippen LogP contribution is 2.39. The largest absolute Gasteiger partial charge is 0.474 e. The molecule has 2 fully saturated rings. The van der Waals surface area contributed by atoms with Gasteiger partial charge in [-0.25, -0.2) is 14.8 Å². The van der Waals surface area contributed by atoms with E-state index >= 15 is 0 Å². The molecule has 4 heterocycles. The van der Waals surface area contributed by atoms with Gasteiger partial charge in [-0.1, -0.05) is 0 Å². The summed E-state index contributed by atoms with van der Waals surface area (Å²) in [6.07, 6.45) is 4.70. The molecule has 10 nitrogen and oxygen atoms in total. The van der Waals surface area contributed by atoms with Crippen LogP contribution in [0, 0.1) is 0 Å². The minimum absolute atomic E-state index is 0.00841. The molecule has 182 valence electrons. The maximum absolute atomic E-state index is 12.3. The van der Waals surface area contributed by atoms with Crippen LogP contribution in [0.2, 0.25) is 0 Å². The average Bonchev–Trinajstić information content (AvgIpc) is 3.40. The normalized spacial score (nSPS) is 20.3. The number of piperidine rings is 1. The third kappa shape index (κ3) is 4.78. The SMILES string of the molecule is CN(C)C(O)c1ccc2c(n1)CCN2c1cc(OC2CCN(C(=O)OC3(C)CC3)CC2)ncn1. The molecule has 1 unspecified atom stereocenters. The zero-order valence-electron chi connectivity index (χ0n) is 20.0. The van der Waals surface area contributed by atoms with E-state index in [9.17, 15) is 9.90 Å². The first-order valence-corrected chi connectivity index (χ1v) is 11.9. The number of likely N-dealkylation sites (tertiary alicyclic amines) is 1. The summed E-state index contributed by atoms with van der Waals surface area (Å²) in [5.41, 5.74) is 2.31. The average molecular weight is 469 g/mol. The molecule has 2 aliphatic heterocycles. The lowest BCUT2D eigenvalue weighted by molar-refractivity contribution is 0.0356. The Morgan fingerprint density at radius 3 is 2.68 bits per heavy atom. The Balaban J connectivity index is 1.20. The van der Waals surface area contributed by atoms with E-state index in [-0.39, 0.29) is 17.8 Å². The molecule has 5 rings (SSSR count). The number of hydrogen-bond acceptors (Lipinski definition) is 9. The Morgan fingerprint density at radius 2 is 1.97 bits per heavy atom. The van der Waals surface area contributed by atoms with Crippen LogP contribution in [0.1, 0.15) is 50.2 Å². The number of hydrogen-bond donors (Lipinski definition) is 1. The predicted molar refractivity (Wildman–Crippen MR) is 125 cm³/mol. The summed E-state index contributed by atoms with van der Waals surface area (Å²) in [6, 6.07) is 5.69. The van der Waals surface area contributed by atoms with Crippen molar-refractivity contribution in [3.05, 3.63) is 35.9 Å². The first-order valence-electron chi connectivity index (χ1n) is 11.9. The van der Waals surface area contributed by atoms with Gasteiger partial charge >= 0.3 is 6.09 Å². The Morgan fingerprint density at radius 1 is 1.21 bits per heavy atom. The minimum atomic E-state index is -0.733. The summed E-state index contributed by atoms with van der Waals surface area (Å²) < 4.78 is 11.7. The van der Waals surface area contributed by atoms with E-state index in [2.05, 4.69) is 19.9 Å². The highest BCUT2D eigenvalue weighted by Gasteiger charge is 2.43. The van der Waals surface area contributed by atoms with Crippen molar-refractivity contribution < 1.29 is 19.4 Å². The molecule has 1 aliphatic carbocycles. The number of rotatable bonds is 6. The molecule has 0 aromatic carbocycles. The molecule has 1 atom stereocenters. The van der Waals surface area contributed by atoms with Crippen molar-refractivity contribution in [1.29, 1.82) is 0 Å². The summed E-state index contributed by atoms with van der Waals surface area (Å²) in [5.74, 6) is 1.28. The molecular weight excluding hydrogens is 436 g/mol. The van der Waals surface area contributed by atoms with Gasteiger partial charge in [0.1, 0.15) is 30.1 Å². The van der Waals surface area contributed by atoms with Gasteiger partial charge in [0.05, 0.1) is 17.1 Å². The summed E-state index contributed by atoms with van der Waals surface area (Å²) in [4.78, 5) is 31.3. The third-order valence-electron chi connectivity index (χ3n) is 6.77. The molecule has 1 N–H and O–H groups in total. The maximum atomic E-state index is 12.3. The van der Waals surface area contributed by atoms with E-state index in [1.807, 2.05) is 39.2 Å². The van der Waals surface area contributed by atoms with Crippen LogP contribution in [0.5, 0.6) is 5.88 Å². The molecule has 1 saturated carbocycles. The van der Waals surface area contributed by atoms with Crippen molar-refractivity contribution in [3.8, 4) is 5.88 Å². The number of nitrogens with zero attached hydrogens (tertiary/aromatic N) is 6. The van der Waals surface area contributed by atoms with Crippen molar-refractivity contribution in [2.45, 2.75) is 57.0 Å². The first-order chi connectivity index (χ1) is 16.3. The highest BCUT2D eigenvalue weighted by molar-refractivity contribution is 5.68. The molecule has 2 aromatic rings. The molecule has 0 spiro atoms. The van der Waals surface area contributed by atoms with Crippen molar-refractivity contribution >= 4 is 17.6 Å². The molecule has 1 amide bonds. The van der Waals surface area contributed by atoms with Gasteiger partial charge in [-0.05, 0) is 46.0 Å². The molecule has 1 saturated heterocycles. The smallest absolute Gasteiger partial charge is 0.410 e. The second-order valence-corrected chi connectivity index (χ2v) is 9.78. The van der Waals surface area contributed by atoms with Gasteiger partial charge in [-0.3, -0.25) is 9.88 Å². The van der Waals surface area contributed by atoms with Crippen LogP contribution in [0.3, 0.4) is 0 Å². The molecule has 2 aromatic heterocycles. The van der Waals surface area contributed by atoms with E-state index in [1.165, 1.54) is 6.33 Å². The van der Waals surface area contributed by atoms with E-state index in [4.69, 9.17) is 9.47 Å². The summed E-state index contributed by atoms with van der Waals surface area (Å²) >= 11 is 0. The number of aromatic nitrogens is 3. The van der Waals surface area contributed by atoms with E-state index in [1.54, 1.807) is 9.80 Å². The molecular formula is C24H32N6O4. The fourth-order valence-corrected chi connectivity index (χ4v) is 4.35. The van der Waals surface area contributed by atoms with Crippen molar-refractivity contribution in [2.24, 2.45) is 0 Å². The number of ether oxygens (including phenoxy) is 2. The fourth-order valence-electron chi connectivity index (χ4n) is 4.35. The second-order valence-electron chi connectivity index (χ2n) is 9.78. The zero-order chi connectivity index (χ0) is 23.9. The van der Waals surface area contributed by atoms with E-state index < -0.39 is 6.23 Å². The van der Waals surface area contributed by atoms with Gasteiger partial charge in [-0.15, -0.1) is 0 Å². The van der Waals surface area contributed by atoms with Crippen LogP contribution in [-0.4, -0.2) is 81.4 Å². The third-order valence-corrected chi connectivity index (χ3v) is 6.77. The number of pyridine rings is 1. The van der Waals surface area contributed by atoms with Crippen LogP contribution in [0.25, 0.3) is 0 Å². The van der Waals surface area contributed by atoms with Gasteiger partial charge < -0.3 is 24.4 Å². The van der Waals surface area contributed by atoms with Gasteiger partial charge in [-0.2, -0.15) is 0 Å². The molecule has 0 radical (unpaired) electrons. The van der Waals surface area contributed by atoms with Crippen LogP contribution < -0.4 is 9.64 Å². The second kappa shape index (κ2) is 8.99. The lowest BCUT2D eigenvalue weighted by Gasteiger charge is -2.32. The number of carbonyl (C=O) groups excluding carboxylic acids is 1. The highest BCUT2D eigenvalue weighted by atomic mass is 16.6. The lowest BCUT2D eigenvalue weighted by Crippen LogP contribution is -2.43. The van der Waals surface area contributed by atoms with Crippen molar-refractivity contribution in [3.63, 3.8) is 0 Å². The minimum Gasteiger partial charge on any atom is -0.474 e. The topological polar surface area (TPSA) is 104 Å². The fraction of sp³-hybridized carbons (Fsp3) is 0.583. The zero-order valence-corrected chi connectivity index (χ0v) is 20.0.